The van der Waals surface area contributed by atoms with E-state index in [1.165, 1.54) is 4.90 Å². The van der Waals surface area contributed by atoms with E-state index in [1.807, 2.05) is 6.92 Å². The van der Waals surface area contributed by atoms with E-state index in [4.69, 9.17) is 10.00 Å². The number of hydrogen-bond acceptors (Lipinski definition) is 5. The van der Waals surface area contributed by atoms with Gasteiger partial charge in [0.25, 0.3) is 0 Å². The number of piperidine rings is 2. The normalized spacial score (nSPS) is 24.0. The van der Waals surface area contributed by atoms with E-state index in [0.29, 0.717) is 42.8 Å². The van der Waals surface area contributed by atoms with Crippen molar-refractivity contribution in [3.8, 4) is 11.8 Å². The van der Waals surface area contributed by atoms with Crippen LogP contribution in [0.3, 0.4) is 0 Å². The molecule has 0 saturated carbocycles. The molecule has 2 N–H and O–H groups in total. The minimum atomic E-state index is -0.834. The molecule has 3 atom stereocenters. The van der Waals surface area contributed by atoms with E-state index in [1.54, 1.807) is 18.2 Å². The van der Waals surface area contributed by atoms with Gasteiger partial charge in [-0.3, -0.25) is 4.90 Å². The quantitative estimate of drug-likeness (QED) is 0.828. The summed E-state index contributed by atoms with van der Waals surface area (Å²) >= 11 is 0. The topological polar surface area (TPSA) is 97.0 Å². The number of carboxylic acid groups (broad SMARTS) is 1. The molecule has 3 unspecified atom stereocenters. The van der Waals surface area contributed by atoms with Gasteiger partial charge in [0.1, 0.15) is 18.5 Å². The van der Waals surface area contributed by atoms with Gasteiger partial charge in [0.05, 0.1) is 11.6 Å². The maximum atomic E-state index is 11.2. The zero-order valence-electron chi connectivity index (χ0n) is 15.0. The summed E-state index contributed by atoms with van der Waals surface area (Å²) in [7, 11) is 0. The Balaban J connectivity index is 1.48. The lowest BCUT2D eigenvalue weighted by atomic mass is 9.85. The molecule has 2 heterocycles. The molecule has 1 aromatic carbocycles. The van der Waals surface area contributed by atoms with E-state index < -0.39 is 12.2 Å². The monoisotopic (exact) mass is 359 g/mol. The van der Waals surface area contributed by atoms with Gasteiger partial charge in [-0.2, -0.15) is 5.26 Å². The second kappa shape index (κ2) is 7.94. The van der Waals surface area contributed by atoms with Crippen molar-refractivity contribution in [2.75, 3.05) is 39.3 Å². The third-order valence-electron chi connectivity index (χ3n) is 5.13. The number of hydrogen-bond donors (Lipinski definition) is 2. The SMILES string of the molecule is Cc1cc(C#N)ccc1OCC(O)CN1CC2CC(C1)CN(C(=O)O)C2. The number of β-amino-alcohol motifs (C(OH)–C–C–N with tert-alkyl or cyclic N) is 1. The molecule has 1 aromatic rings. The van der Waals surface area contributed by atoms with E-state index >= 15 is 0 Å². The lowest BCUT2D eigenvalue weighted by Crippen LogP contribution is -2.55. The summed E-state index contributed by atoms with van der Waals surface area (Å²) in [6.45, 7) is 5.39. The number of aliphatic hydroxyl groups is 1. The van der Waals surface area contributed by atoms with Crippen LogP contribution in [0.5, 0.6) is 5.75 Å². The third kappa shape index (κ3) is 4.45. The number of amides is 1. The molecule has 3 rings (SSSR count). The van der Waals surface area contributed by atoms with Crippen LogP contribution in [-0.2, 0) is 0 Å². The number of aliphatic hydroxyl groups excluding tert-OH is 1. The number of nitrogens with zero attached hydrogens (tertiary/aromatic N) is 3. The molecule has 7 nitrogen and oxygen atoms in total. The van der Waals surface area contributed by atoms with Crippen LogP contribution in [0.4, 0.5) is 4.79 Å². The molecule has 26 heavy (non-hydrogen) atoms. The number of aryl methyl sites for hydroxylation is 1. The average molecular weight is 359 g/mol. The first kappa shape index (κ1) is 18.5. The van der Waals surface area contributed by atoms with Gasteiger partial charge in [-0.05, 0) is 48.9 Å². The van der Waals surface area contributed by atoms with Crippen LogP contribution in [0, 0.1) is 30.1 Å². The van der Waals surface area contributed by atoms with Gasteiger partial charge in [-0.15, -0.1) is 0 Å². The average Bonchev–Trinajstić information content (AvgIpc) is 2.59. The second-order valence-corrected chi connectivity index (χ2v) is 7.43. The van der Waals surface area contributed by atoms with Gasteiger partial charge in [-0.25, -0.2) is 4.79 Å². The Bertz CT molecular complexity index is 689. The molecule has 140 valence electrons. The molecule has 0 spiro atoms. The van der Waals surface area contributed by atoms with Crippen molar-refractivity contribution in [2.45, 2.75) is 19.4 Å². The number of ether oxygens (including phenoxy) is 1. The number of rotatable bonds is 5. The van der Waals surface area contributed by atoms with Crippen LogP contribution in [-0.4, -0.2) is 71.5 Å². The van der Waals surface area contributed by atoms with Crippen LogP contribution in [0.2, 0.25) is 0 Å². The smallest absolute Gasteiger partial charge is 0.407 e. The Labute approximate surface area is 153 Å². The predicted octanol–water partition coefficient (Wildman–Crippen LogP) is 1.54. The largest absolute Gasteiger partial charge is 0.491 e. The van der Waals surface area contributed by atoms with Gasteiger partial charge in [-0.1, -0.05) is 0 Å². The summed E-state index contributed by atoms with van der Waals surface area (Å²) in [6, 6.07) is 7.32. The molecule has 0 aromatic heterocycles. The van der Waals surface area contributed by atoms with Crippen molar-refractivity contribution < 1.29 is 19.7 Å². The minimum absolute atomic E-state index is 0.194. The van der Waals surface area contributed by atoms with Crippen LogP contribution < -0.4 is 4.74 Å². The van der Waals surface area contributed by atoms with E-state index in [9.17, 15) is 15.0 Å². The zero-order chi connectivity index (χ0) is 18.7. The molecule has 2 bridgehead atoms. The summed E-state index contributed by atoms with van der Waals surface area (Å²) in [5.74, 6) is 1.36. The summed E-state index contributed by atoms with van der Waals surface area (Å²) in [5, 5.41) is 28.4. The maximum Gasteiger partial charge on any atom is 0.407 e. The summed E-state index contributed by atoms with van der Waals surface area (Å²) in [6.07, 6.45) is -0.379. The molecule has 2 aliphatic heterocycles. The second-order valence-electron chi connectivity index (χ2n) is 7.43. The molecule has 1 amide bonds. The van der Waals surface area contributed by atoms with Crippen molar-refractivity contribution in [3.63, 3.8) is 0 Å². The highest BCUT2D eigenvalue weighted by Gasteiger charge is 2.36. The minimum Gasteiger partial charge on any atom is -0.491 e. The first-order valence-corrected chi connectivity index (χ1v) is 8.96. The van der Waals surface area contributed by atoms with Crippen molar-refractivity contribution in [1.82, 2.24) is 9.80 Å². The van der Waals surface area contributed by atoms with Crippen molar-refractivity contribution in [1.29, 1.82) is 5.26 Å². The van der Waals surface area contributed by atoms with Crippen LogP contribution in [0.1, 0.15) is 17.5 Å². The van der Waals surface area contributed by atoms with Gasteiger partial charge in [0.2, 0.25) is 0 Å². The standard InChI is InChI=1S/C19H25N3O4/c1-13-4-14(6-20)2-3-18(13)26-12-17(23)11-21-7-15-5-16(8-21)10-22(9-15)19(24)25/h2-4,15-17,23H,5,7-12H2,1H3,(H,24,25). The number of nitriles is 1. The van der Waals surface area contributed by atoms with Crippen LogP contribution in [0.25, 0.3) is 0 Å². The highest BCUT2D eigenvalue weighted by Crippen LogP contribution is 2.28. The van der Waals surface area contributed by atoms with E-state index in [2.05, 4.69) is 11.0 Å². The molecule has 2 fully saturated rings. The first-order chi connectivity index (χ1) is 12.4. The van der Waals surface area contributed by atoms with Crippen LogP contribution in [0.15, 0.2) is 18.2 Å². The molecular weight excluding hydrogens is 334 g/mol. The third-order valence-corrected chi connectivity index (χ3v) is 5.13. The van der Waals surface area contributed by atoms with Gasteiger partial charge >= 0.3 is 6.09 Å². The summed E-state index contributed by atoms with van der Waals surface area (Å²) < 4.78 is 5.71. The predicted molar refractivity (Wildman–Crippen MR) is 95.0 cm³/mol. The molecule has 7 heteroatoms. The Morgan fingerprint density at radius 2 is 2.04 bits per heavy atom. The van der Waals surface area contributed by atoms with Crippen molar-refractivity contribution >= 4 is 6.09 Å². The first-order valence-electron chi connectivity index (χ1n) is 8.96. The highest BCUT2D eigenvalue weighted by molar-refractivity contribution is 5.65. The number of benzene rings is 1. The molecule has 0 radical (unpaired) electrons. The van der Waals surface area contributed by atoms with Gasteiger partial charge < -0.3 is 19.8 Å². The molecule has 2 aliphatic rings. The number of carbonyl (C=O) groups is 1. The Morgan fingerprint density at radius 3 is 2.62 bits per heavy atom. The molecular formula is C19H25N3O4. The Hall–Kier alpha value is -2.30. The Morgan fingerprint density at radius 1 is 1.35 bits per heavy atom. The van der Waals surface area contributed by atoms with Gasteiger partial charge in [0.15, 0.2) is 0 Å². The molecule has 0 aliphatic carbocycles. The van der Waals surface area contributed by atoms with E-state index in [-0.39, 0.29) is 6.61 Å². The lowest BCUT2D eigenvalue weighted by molar-refractivity contribution is 0.00334. The fraction of sp³-hybridized carbons (Fsp3) is 0.579. The van der Waals surface area contributed by atoms with Crippen molar-refractivity contribution in [2.24, 2.45) is 11.8 Å². The molecule has 2 saturated heterocycles. The summed E-state index contributed by atoms with van der Waals surface area (Å²) in [4.78, 5) is 14.9. The van der Waals surface area contributed by atoms with Crippen LogP contribution >= 0.6 is 0 Å². The fourth-order valence-corrected chi connectivity index (χ4v) is 4.11. The highest BCUT2D eigenvalue weighted by atomic mass is 16.5. The summed E-state index contributed by atoms with van der Waals surface area (Å²) in [5.41, 5.74) is 1.46. The fourth-order valence-electron chi connectivity index (χ4n) is 4.11. The van der Waals surface area contributed by atoms with Gasteiger partial charge in [0, 0.05) is 32.7 Å². The maximum absolute atomic E-state index is 11.2. The zero-order valence-corrected chi connectivity index (χ0v) is 15.0. The lowest BCUT2D eigenvalue weighted by Gasteiger charge is -2.45. The van der Waals surface area contributed by atoms with Crippen molar-refractivity contribution in [3.05, 3.63) is 29.3 Å². The Kier molecular flexibility index (Phi) is 5.64. The number of fused-ring (bicyclic) bond motifs is 2. The van der Waals surface area contributed by atoms with E-state index in [0.717, 1.165) is 25.1 Å². The number of likely N-dealkylation sites (tertiary alicyclic amines) is 2.